The molecule has 100 valence electrons. The highest BCUT2D eigenvalue weighted by Gasteiger charge is 2.10. The van der Waals surface area contributed by atoms with Crippen LogP contribution in [0.2, 0.25) is 5.02 Å². The van der Waals surface area contributed by atoms with E-state index in [2.05, 4.69) is 24.5 Å². The van der Waals surface area contributed by atoms with E-state index < -0.39 is 0 Å². The molecule has 0 radical (unpaired) electrons. The van der Waals surface area contributed by atoms with Gasteiger partial charge in [0, 0.05) is 19.3 Å². The smallest absolute Gasteiger partial charge is 0.252 e. The predicted molar refractivity (Wildman–Crippen MR) is 77.4 cm³/mol. The number of carbonyl (C=O) groups is 1. The molecular weight excluding hydrogens is 248 g/mol. The molecule has 0 fully saturated rings. The van der Waals surface area contributed by atoms with Gasteiger partial charge >= 0.3 is 0 Å². The van der Waals surface area contributed by atoms with Crippen LogP contribution in [0.5, 0.6) is 0 Å². The summed E-state index contributed by atoms with van der Waals surface area (Å²) in [6, 6.07) is 5.45. The largest absolute Gasteiger partial charge is 0.385 e. The van der Waals surface area contributed by atoms with Crippen LogP contribution in [0.25, 0.3) is 0 Å². The minimum absolute atomic E-state index is 0.161. The van der Waals surface area contributed by atoms with Gasteiger partial charge in [-0.25, -0.2) is 0 Å². The maximum atomic E-state index is 11.6. The predicted octanol–water partition coefficient (Wildman–Crippen LogP) is 3.55. The SMILES string of the molecule is CCC(CC)CNc1ccc(Cl)c(C(=O)NC)c1. The summed E-state index contributed by atoms with van der Waals surface area (Å²) < 4.78 is 0. The molecule has 0 unspecified atom stereocenters. The summed E-state index contributed by atoms with van der Waals surface area (Å²) in [4.78, 5) is 11.6. The average molecular weight is 269 g/mol. The highest BCUT2D eigenvalue weighted by atomic mass is 35.5. The molecule has 2 N–H and O–H groups in total. The summed E-state index contributed by atoms with van der Waals surface area (Å²) in [5.74, 6) is 0.496. The molecule has 18 heavy (non-hydrogen) atoms. The van der Waals surface area contributed by atoms with Crippen molar-refractivity contribution in [3.63, 3.8) is 0 Å². The van der Waals surface area contributed by atoms with Gasteiger partial charge < -0.3 is 10.6 Å². The Morgan fingerprint density at radius 1 is 1.33 bits per heavy atom. The lowest BCUT2D eigenvalue weighted by Gasteiger charge is -2.15. The topological polar surface area (TPSA) is 41.1 Å². The lowest BCUT2D eigenvalue weighted by Crippen LogP contribution is -2.19. The highest BCUT2D eigenvalue weighted by Crippen LogP contribution is 2.21. The van der Waals surface area contributed by atoms with E-state index in [4.69, 9.17) is 11.6 Å². The summed E-state index contributed by atoms with van der Waals surface area (Å²) >= 11 is 6.00. The number of hydrogen-bond acceptors (Lipinski definition) is 2. The van der Waals surface area contributed by atoms with Crippen LogP contribution in [-0.4, -0.2) is 19.5 Å². The second-order valence-electron chi connectivity index (χ2n) is 4.34. The van der Waals surface area contributed by atoms with Crippen molar-refractivity contribution in [1.82, 2.24) is 5.32 Å². The molecule has 0 aromatic heterocycles. The second kappa shape index (κ2) is 7.27. The summed E-state index contributed by atoms with van der Waals surface area (Å²) in [7, 11) is 1.60. The highest BCUT2D eigenvalue weighted by molar-refractivity contribution is 6.34. The summed E-state index contributed by atoms with van der Waals surface area (Å²) in [5.41, 5.74) is 1.44. The quantitative estimate of drug-likeness (QED) is 0.828. The van der Waals surface area contributed by atoms with Crippen LogP contribution >= 0.6 is 11.6 Å². The molecule has 0 atom stereocenters. The standard InChI is InChI=1S/C14H21ClN2O/c1-4-10(5-2)9-17-11-6-7-13(15)12(8-11)14(18)16-3/h6-8,10,17H,4-5,9H2,1-3H3,(H,16,18). The van der Waals surface area contributed by atoms with Crippen LogP contribution in [0.4, 0.5) is 5.69 Å². The Balaban J connectivity index is 2.76. The van der Waals surface area contributed by atoms with Crippen molar-refractivity contribution in [2.45, 2.75) is 26.7 Å². The number of halogens is 1. The molecule has 1 rings (SSSR count). The minimum atomic E-state index is -0.161. The van der Waals surface area contributed by atoms with Gasteiger partial charge in [0.05, 0.1) is 10.6 Å². The number of rotatable bonds is 6. The van der Waals surface area contributed by atoms with Crippen molar-refractivity contribution < 1.29 is 4.79 Å². The van der Waals surface area contributed by atoms with E-state index in [1.807, 2.05) is 6.07 Å². The van der Waals surface area contributed by atoms with Crippen LogP contribution in [0.1, 0.15) is 37.0 Å². The van der Waals surface area contributed by atoms with Crippen LogP contribution in [-0.2, 0) is 0 Å². The molecule has 0 aliphatic heterocycles. The average Bonchev–Trinajstić information content (AvgIpc) is 2.40. The molecule has 3 nitrogen and oxygen atoms in total. The number of carbonyl (C=O) groups excluding carboxylic acids is 1. The van der Waals surface area contributed by atoms with E-state index in [0.29, 0.717) is 16.5 Å². The molecule has 1 aromatic rings. The molecule has 0 aliphatic rings. The van der Waals surface area contributed by atoms with Crippen LogP contribution < -0.4 is 10.6 Å². The number of anilines is 1. The first-order valence-corrected chi connectivity index (χ1v) is 6.75. The van der Waals surface area contributed by atoms with Gasteiger partial charge in [-0.2, -0.15) is 0 Å². The Labute approximate surface area is 114 Å². The Morgan fingerprint density at radius 3 is 2.56 bits per heavy atom. The first kappa shape index (κ1) is 14.8. The molecule has 0 saturated heterocycles. The van der Waals surface area contributed by atoms with Crippen molar-refractivity contribution in [3.8, 4) is 0 Å². The van der Waals surface area contributed by atoms with Crippen LogP contribution in [0.3, 0.4) is 0 Å². The maximum Gasteiger partial charge on any atom is 0.252 e. The summed E-state index contributed by atoms with van der Waals surface area (Å²) in [6.07, 6.45) is 2.30. The van der Waals surface area contributed by atoms with Gasteiger partial charge in [-0.1, -0.05) is 38.3 Å². The van der Waals surface area contributed by atoms with Crippen LogP contribution in [0.15, 0.2) is 18.2 Å². The molecule has 0 bridgehead atoms. The Bertz CT molecular complexity index is 403. The molecule has 0 heterocycles. The first-order valence-electron chi connectivity index (χ1n) is 6.37. The monoisotopic (exact) mass is 268 g/mol. The Morgan fingerprint density at radius 2 is 2.00 bits per heavy atom. The van der Waals surface area contributed by atoms with Gasteiger partial charge in [0.2, 0.25) is 0 Å². The van der Waals surface area contributed by atoms with Crippen molar-refractivity contribution in [2.24, 2.45) is 5.92 Å². The zero-order valence-electron chi connectivity index (χ0n) is 11.2. The normalized spacial score (nSPS) is 10.5. The molecule has 0 aliphatic carbocycles. The fraction of sp³-hybridized carbons (Fsp3) is 0.500. The van der Waals surface area contributed by atoms with E-state index in [1.54, 1.807) is 19.2 Å². The third kappa shape index (κ3) is 3.91. The number of nitrogens with one attached hydrogen (secondary N) is 2. The van der Waals surface area contributed by atoms with E-state index in [-0.39, 0.29) is 5.91 Å². The van der Waals surface area contributed by atoms with Gasteiger partial charge in [-0.15, -0.1) is 0 Å². The number of benzene rings is 1. The molecule has 1 aromatic carbocycles. The first-order chi connectivity index (χ1) is 8.62. The zero-order chi connectivity index (χ0) is 13.5. The van der Waals surface area contributed by atoms with Crippen molar-refractivity contribution in [3.05, 3.63) is 28.8 Å². The van der Waals surface area contributed by atoms with E-state index >= 15 is 0 Å². The molecule has 1 amide bonds. The zero-order valence-corrected chi connectivity index (χ0v) is 12.0. The Kier molecular flexibility index (Phi) is 5.99. The van der Waals surface area contributed by atoms with Gasteiger partial charge in [-0.05, 0) is 24.1 Å². The summed E-state index contributed by atoms with van der Waals surface area (Å²) in [6.45, 7) is 5.29. The second-order valence-corrected chi connectivity index (χ2v) is 4.74. The van der Waals surface area contributed by atoms with Crippen molar-refractivity contribution in [2.75, 3.05) is 18.9 Å². The van der Waals surface area contributed by atoms with E-state index in [0.717, 1.165) is 25.1 Å². The fourth-order valence-corrected chi connectivity index (χ4v) is 1.99. The lowest BCUT2D eigenvalue weighted by molar-refractivity contribution is 0.0963. The molecule has 0 saturated carbocycles. The molecular formula is C14H21ClN2O. The van der Waals surface area contributed by atoms with Gasteiger partial charge in [0.1, 0.15) is 0 Å². The van der Waals surface area contributed by atoms with Crippen molar-refractivity contribution in [1.29, 1.82) is 0 Å². The molecule has 4 heteroatoms. The molecule has 0 spiro atoms. The number of hydrogen-bond donors (Lipinski definition) is 2. The van der Waals surface area contributed by atoms with Gasteiger partial charge in [-0.3, -0.25) is 4.79 Å². The maximum absolute atomic E-state index is 11.6. The summed E-state index contributed by atoms with van der Waals surface area (Å²) in [5, 5.41) is 6.41. The van der Waals surface area contributed by atoms with Gasteiger partial charge in [0.25, 0.3) is 5.91 Å². The van der Waals surface area contributed by atoms with Crippen LogP contribution in [0, 0.1) is 5.92 Å². The lowest BCUT2D eigenvalue weighted by atomic mass is 10.0. The third-order valence-corrected chi connectivity index (χ3v) is 3.52. The fourth-order valence-electron chi connectivity index (χ4n) is 1.78. The third-order valence-electron chi connectivity index (χ3n) is 3.19. The number of amides is 1. The van der Waals surface area contributed by atoms with E-state index in [1.165, 1.54) is 0 Å². The van der Waals surface area contributed by atoms with Crippen molar-refractivity contribution >= 4 is 23.2 Å². The van der Waals surface area contributed by atoms with E-state index in [9.17, 15) is 4.79 Å². The minimum Gasteiger partial charge on any atom is -0.385 e. The Hall–Kier alpha value is -1.22. The van der Waals surface area contributed by atoms with Gasteiger partial charge in [0.15, 0.2) is 0 Å².